The lowest BCUT2D eigenvalue weighted by Crippen LogP contribution is -1.94. The fourth-order valence-electron chi connectivity index (χ4n) is 8.47. The number of fused-ring (bicyclic) bond motifs is 6. The van der Waals surface area contributed by atoms with Crippen LogP contribution in [0.4, 0.5) is 0 Å². The number of hydrogen-bond donors (Lipinski definition) is 0. The molecule has 0 aliphatic heterocycles. The topological polar surface area (TPSA) is 18.5 Å². The summed E-state index contributed by atoms with van der Waals surface area (Å²) < 4.78 is 13.1. The third-order valence-corrected chi connectivity index (χ3v) is 12.1. The first-order chi connectivity index (χ1) is 27.1. The van der Waals surface area contributed by atoms with Crippen molar-refractivity contribution in [3.8, 4) is 67.5 Å². The standard InChI is InChI=1S/C52H38O2S/c1-33-19-29-43(47-31-35-11-3-5-13-41(35)51(33)47)45-15-7-9-17-49(45)53-37-21-25-39(26-22-37)55-40-27-23-38(24-28-40)54-50-18-10-8-16-46(50)44-30-20-34(2)52-42-14-6-4-12-36(42)32-48(44)52/h3-30H,31-32H2,1-2H3. The van der Waals surface area contributed by atoms with Crippen LogP contribution in [0.25, 0.3) is 44.5 Å². The summed E-state index contributed by atoms with van der Waals surface area (Å²) in [6.45, 7) is 4.43. The molecule has 8 aromatic rings. The van der Waals surface area contributed by atoms with Gasteiger partial charge in [-0.25, -0.2) is 0 Å². The zero-order valence-electron chi connectivity index (χ0n) is 30.8. The normalized spacial score (nSPS) is 12.1. The molecule has 0 heterocycles. The molecule has 0 aromatic heterocycles. The van der Waals surface area contributed by atoms with Crippen molar-refractivity contribution >= 4 is 11.8 Å². The third-order valence-electron chi connectivity index (χ3n) is 11.0. The van der Waals surface area contributed by atoms with E-state index in [4.69, 9.17) is 9.47 Å². The van der Waals surface area contributed by atoms with E-state index in [2.05, 4.69) is 172 Å². The predicted molar refractivity (Wildman–Crippen MR) is 227 cm³/mol. The summed E-state index contributed by atoms with van der Waals surface area (Å²) in [6.07, 6.45) is 1.88. The van der Waals surface area contributed by atoms with Crippen LogP contribution in [0, 0.1) is 13.8 Å². The van der Waals surface area contributed by atoms with Crippen LogP contribution in [-0.2, 0) is 12.8 Å². The molecule has 264 valence electrons. The number of ether oxygens (including phenoxy) is 2. The van der Waals surface area contributed by atoms with Crippen molar-refractivity contribution in [1.29, 1.82) is 0 Å². The van der Waals surface area contributed by atoms with Crippen molar-refractivity contribution in [1.82, 2.24) is 0 Å². The number of aryl methyl sites for hydroxylation is 2. The second-order valence-electron chi connectivity index (χ2n) is 14.5. The van der Waals surface area contributed by atoms with Crippen molar-refractivity contribution < 1.29 is 9.47 Å². The first-order valence-corrected chi connectivity index (χ1v) is 19.7. The molecule has 0 amide bonds. The van der Waals surface area contributed by atoms with Crippen LogP contribution in [-0.4, -0.2) is 0 Å². The summed E-state index contributed by atoms with van der Waals surface area (Å²) in [6, 6.07) is 60.1. The predicted octanol–water partition coefficient (Wildman–Crippen LogP) is 14.5. The molecule has 0 saturated heterocycles. The van der Waals surface area contributed by atoms with Crippen LogP contribution in [0.3, 0.4) is 0 Å². The molecule has 0 spiro atoms. The van der Waals surface area contributed by atoms with E-state index in [0.717, 1.165) is 56.8 Å². The first kappa shape index (κ1) is 33.3. The van der Waals surface area contributed by atoms with Gasteiger partial charge >= 0.3 is 0 Å². The molecule has 0 fully saturated rings. The van der Waals surface area contributed by atoms with E-state index in [0.29, 0.717) is 0 Å². The molecule has 55 heavy (non-hydrogen) atoms. The summed E-state index contributed by atoms with van der Waals surface area (Å²) in [5.41, 5.74) is 18.3. The fraction of sp³-hybridized carbons (Fsp3) is 0.0769. The van der Waals surface area contributed by atoms with E-state index in [1.54, 1.807) is 11.8 Å². The van der Waals surface area contributed by atoms with Gasteiger partial charge in [0.1, 0.15) is 23.0 Å². The van der Waals surface area contributed by atoms with Crippen LogP contribution < -0.4 is 9.47 Å². The quantitative estimate of drug-likeness (QED) is 0.155. The molecular formula is C52H38O2S. The maximum Gasteiger partial charge on any atom is 0.135 e. The van der Waals surface area contributed by atoms with Gasteiger partial charge in [0.25, 0.3) is 0 Å². The molecule has 0 saturated carbocycles. The molecule has 0 bridgehead atoms. The Hall–Kier alpha value is -6.29. The lowest BCUT2D eigenvalue weighted by molar-refractivity contribution is 0.484. The molecule has 8 aromatic carbocycles. The molecule has 0 radical (unpaired) electrons. The Balaban J connectivity index is 0.843. The molecule has 0 N–H and O–H groups in total. The molecule has 0 unspecified atom stereocenters. The molecule has 2 nitrogen and oxygen atoms in total. The first-order valence-electron chi connectivity index (χ1n) is 18.9. The Bertz CT molecular complexity index is 2550. The summed E-state index contributed by atoms with van der Waals surface area (Å²) in [4.78, 5) is 2.28. The molecule has 0 atom stereocenters. The second kappa shape index (κ2) is 13.8. The second-order valence-corrected chi connectivity index (χ2v) is 15.6. The number of hydrogen-bond acceptors (Lipinski definition) is 3. The average molecular weight is 727 g/mol. The summed E-state index contributed by atoms with van der Waals surface area (Å²) >= 11 is 1.72. The minimum absolute atomic E-state index is 0.814. The van der Waals surface area contributed by atoms with E-state index in [1.807, 2.05) is 12.1 Å². The average Bonchev–Trinajstić information content (AvgIpc) is 3.81. The number of benzene rings is 8. The molecule has 3 heteroatoms. The van der Waals surface area contributed by atoms with Gasteiger partial charge in [0.15, 0.2) is 0 Å². The highest BCUT2D eigenvalue weighted by molar-refractivity contribution is 7.99. The van der Waals surface area contributed by atoms with Crippen molar-refractivity contribution in [2.45, 2.75) is 36.5 Å². The molecule has 10 rings (SSSR count). The van der Waals surface area contributed by atoms with Crippen molar-refractivity contribution in [3.63, 3.8) is 0 Å². The van der Waals surface area contributed by atoms with Gasteiger partial charge in [-0.3, -0.25) is 0 Å². The monoisotopic (exact) mass is 726 g/mol. The minimum Gasteiger partial charge on any atom is -0.457 e. The Kier molecular flexibility index (Phi) is 8.38. The van der Waals surface area contributed by atoms with Gasteiger partial charge in [-0.1, -0.05) is 121 Å². The van der Waals surface area contributed by atoms with Gasteiger partial charge in [-0.15, -0.1) is 0 Å². The Morgan fingerprint density at radius 3 is 1.18 bits per heavy atom. The van der Waals surface area contributed by atoms with Crippen molar-refractivity contribution in [2.75, 3.05) is 0 Å². The SMILES string of the molecule is Cc1ccc(-c2ccccc2Oc2ccc(Sc3ccc(Oc4ccccc4-c4ccc(C)c5c4Cc4ccccc4-5)cc3)cc2)c2c1-c1ccccc1C2. The number of rotatable bonds is 8. The highest BCUT2D eigenvalue weighted by atomic mass is 32.2. The van der Waals surface area contributed by atoms with Crippen LogP contribution >= 0.6 is 11.8 Å². The number of para-hydroxylation sites is 2. The van der Waals surface area contributed by atoms with Gasteiger partial charge in [-0.2, -0.15) is 0 Å². The fourth-order valence-corrected chi connectivity index (χ4v) is 9.28. The maximum atomic E-state index is 6.57. The lowest BCUT2D eigenvalue weighted by Gasteiger charge is -2.16. The van der Waals surface area contributed by atoms with Crippen molar-refractivity contribution in [3.05, 3.63) is 203 Å². The molecule has 2 aliphatic rings. The molecule has 2 aliphatic carbocycles. The smallest absolute Gasteiger partial charge is 0.135 e. The zero-order valence-corrected chi connectivity index (χ0v) is 31.6. The molecular weight excluding hydrogens is 689 g/mol. The summed E-state index contributed by atoms with van der Waals surface area (Å²) in [7, 11) is 0. The van der Waals surface area contributed by atoms with E-state index < -0.39 is 0 Å². The highest BCUT2D eigenvalue weighted by Crippen LogP contribution is 2.47. The van der Waals surface area contributed by atoms with Gasteiger partial charge in [0.05, 0.1) is 0 Å². The van der Waals surface area contributed by atoms with E-state index >= 15 is 0 Å². The van der Waals surface area contributed by atoms with Gasteiger partial charge in [0.2, 0.25) is 0 Å². The summed E-state index contributed by atoms with van der Waals surface area (Å²) in [5, 5.41) is 0. The largest absolute Gasteiger partial charge is 0.457 e. The van der Waals surface area contributed by atoms with Crippen LogP contribution in [0.5, 0.6) is 23.0 Å². The lowest BCUT2D eigenvalue weighted by atomic mass is 9.92. The Labute approximate surface area is 327 Å². The third kappa shape index (κ3) is 6.11. The van der Waals surface area contributed by atoms with E-state index in [-0.39, 0.29) is 0 Å². The highest BCUT2D eigenvalue weighted by Gasteiger charge is 2.26. The zero-order chi connectivity index (χ0) is 36.9. The van der Waals surface area contributed by atoms with Gasteiger partial charge in [0, 0.05) is 20.9 Å². The van der Waals surface area contributed by atoms with E-state index in [1.165, 1.54) is 66.8 Å². The maximum absolute atomic E-state index is 6.57. The Morgan fingerprint density at radius 1 is 0.364 bits per heavy atom. The van der Waals surface area contributed by atoms with Gasteiger partial charge < -0.3 is 9.47 Å². The van der Waals surface area contributed by atoms with Crippen LogP contribution in [0.15, 0.2) is 180 Å². The van der Waals surface area contributed by atoms with Crippen LogP contribution in [0.1, 0.15) is 33.4 Å². The minimum atomic E-state index is 0.814. The van der Waals surface area contributed by atoms with Crippen molar-refractivity contribution in [2.24, 2.45) is 0 Å². The van der Waals surface area contributed by atoms with E-state index in [9.17, 15) is 0 Å². The van der Waals surface area contributed by atoms with Gasteiger partial charge in [-0.05, 0) is 154 Å². The Morgan fingerprint density at radius 2 is 0.745 bits per heavy atom. The summed E-state index contributed by atoms with van der Waals surface area (Å²) in [5.74, 6) is 3.35. The van der Waals surface area contributed by atoms with Crippen LogP contribution in [0.2, 0.25) is 0 Å².